The molecular formula is C17H15NO5. The Kier molecular flexibility index (Phi) is 5.09. The largest absolute Gasteiger partial charge is 0.481 e. The first-order valence-electron chi connectivity index (χ1n) is 6.83. The number of nitrogens with one attached hydrogen (secondary N) is 1. The van der Waals surface area contributed by atoms with E-state index in [0.717, 1.165) is 0 Å². The highest BCUT2D eigenvalue weighted by Crippen LogP contribution is 2.23. The van der Waals surface area contributed by atoms with E-state index in [2.05, 4.69) is 0 Å². The van der Waals surface area contributed by atoms with Crippen molar-refractivity contribution in [3.8, 4) is 11.5 Å². The number of rotatable bonds is 7. The van der Waals surface area contributed by atoms with Gasteiger partial charge in [0.05, 0.1) is 0 Å². The van der Waals surface area contributed by atoms with Crippen molar-refractivity contribution in [3.05, 3.63) is 60.2 Å². The molecule has 0 heterocycles. The highest BCUT2D eigenvalue weighted by Gasteiger charge is 2.27. The second-order valence-electron chi connectivity index (χ2n) is 4.85. The lowest BCUT2D eigenvalue weighted by Gasteiger charge is -2.11. The average molecular weight is 313 g/mol. The molecule has 0 atom stereocenters. The maximum Gasteiger partial charge on any atom is 0.318 e. The van der Waals surface area contributed by atoms with Crippen LogP contribution in [-0.4, -0.2) is 27.9 Å². The van der Waals surface area contributed by atoms with Gasteiger partial charge in [-0.25, -0.2) is 0 Å². The lowest BCUT2D eigenvalue weighted by molar-refractivity contribution is -0.154. The maximum absolute atomic E-state index is 10.9. The molecule has 0 aliphatic carbocycles. The highest BCUT2D eigenvalue weighted by molar-refractivity contribution is 6.04. The van der Waals surface area contributed by atoms with Crippen molar-refractivity contribution in [2.45, 2.75) is 6.42 Å². The number of benzene rings is 2. The Bertz CT molecular complexity index is 713. The molecule has 0 bridgehead atoms. The summed E-state index contributed by atoms with van der Waals surface area (Å²) in [6.07, 6.45) is -0.389. The van der Waals surface area contributed by atoms with Gasteiger partial charge in [-0.15, -0.1) is 0 Å². The summed E-state index contributed by atoms with van der Waals surface area (Å²) in [5.41, 5.74) is 0.351. The van der Waals surface area contributed by atoms with Crippen LogP contribution < -0.4 is 4.74 Å². The van der Waals surface area contributed by atoms with E-state index in [1.165, 1.54) is 0 Å². The normalized spacial score (nSPS) is 10.3. The third kappa shape index (κ3) is 4.41. The van der Waals surface area contributed by atoms with Crippen LogP contribution in [0.4, 0.5) is 0 Å². The van der Waals surface area contributed by atoms with Crippen LogP contribution in [0.25, 0.3) is 0 Å². The molecule has 0 amide bonds. The van der Waals surface area contributed by atoms with Gasteiger partial charge in [0.15, 0.2) is 5.92 Å². The van der Waals surface area contributed by atoms with Crippen molar-refractivity contribution in [2.24, 2.45) is 5.92 Å². The molecule has 118 valence electrons. The van der Waals surface area contributed by atoms with Gasteiger partial charge in [0.2, 0.25) is 0 Å². The lowest BCUT2D eigenvalue weighted by atomic mass is 9.97. The quantitative estimate of drug-likeness (QED) is 0.538. The minimum absolute atomic E-state index is 0.0710. The smallest absolute Gasteiger partial charge is 0.318 e. The predicted octanol–water partition coefficient (Wildman–Crippen LogP) is 3.02. The summed E-state index contributed by atoms with van der Waals surface area (Å²) in [6.45, 7) is 0. The van der Waals surface area contributed by atoms with Crippen molar-refractivity contribution in [3.63, 3.8) is 0 Å². The summed E-state index contributed by atoms with van der Waals surface area (Å²) in [4.78, 5) is 21.8. The van der Waals surface area contributed by atoms with Gasteiger partial charge in [-0.3, -0.25) is 9.59 Å². The summed E-state index contributed by atoms with van der Waals surface area (Å²) in [7, 11) is 0. The molecular weight excluding hydrogens is 298 g/mol. The van der Waals surface area contributed by atoms with E-state index in [1.54, 1.807) is 36.4 Å². The molecule has 0 aliphatic heterocycles. The molecule has 0 saturated heterocycles. The number of carboxylic acid groups (broad SMARTS) is 2. The van der Waals surface area contributed by atoms with Gasteiger partial charge in [0.25, 0.3) is 0 Å². The van der Waals surface area contributed by atoms with Crippen molar-refractivity contribution in [1.82, 2.24) is 0 Å². The van der Waals surface area contributed by atoms with E-state index < -0.39 is 17.9 Å². The molecule has 3 N–H and O–H groups in total. The third-order valence-corrected chi connectivity index (χ3v) is 3.17. The lowest BCUT2D eigenvalue weighted by Crippen LogP contribution is -2.26. The van der Waals surface area contributed by atoms with E-state index in [4.69, 9.17) is 20.4 Å². The van der Waals surface area contributed by atoms with Crippen LogP contribution in [0.15, 0.2) is 54.6 Å². The summed E-state index contributed by atoms with van der Waals surface area (Å²) >= 11 is 0. The Morgan fingerprint density at radius 3 is 2.17 bits per heavy atom. The second kappa shape index (κ2) is 7.22. The zero-order valence-corrected chi connectivity index (χ0v) is 12.1. The third-order valence-electron chi connectivity index (χ3n) is 3.17. The molecule has 6 nitrogen and oxygen atoms in total. The van der Waals surface area contributed by atoms with Gasteiger partial charge in [0.1, 0.15) is 11.5 Å². The van der Waals surface area contributed by atoms with Crippen LogP contribution in [0.5, 0.6) is 11.5 Å². The van der Waals surface area contributed by atoms with Gasteiger partial charge < -0.3 is 20.4 Å². The van der Waals surface area contributed by atoms with Crippen molar-refractivity contribution in [1.29, 1.82) is 5.41 Å². The van der Waals surface area contributed by atoms with Crippen LogP contribution in [0.1, 0.15) is 12.0 Å². The Balaban J connectivity index is 2.14. The second-order valence-corrected chi connectivity index (χ2v) is 4.85. The number of ether oxygens (including phenoxy) is 1. The Morgan fingerprint density at radius 2 is 1.57 bits per heavy atom. The standard InChI is InChI=1S/C17H15NO5/c18-15(10-14(16(19)20)17(21)22)11-5-4-8-13(9-11)23-12-6-2-1-3-7-12/h1-9,14,18H,10H2,(H,19,20)(H,21,22). The molecule has 0 aromatic heterocycles. The molecule has 0 spiro atoms. The van der Waals surface area contributed by atoms with Gasteiger partial charge in [-0.2, -0.15) is 0 Å². The molecule has 23 heavy (non-hydrogen) atoms. The fourth-order valence-electron chi connectivity index (χ4n) is 1.97. The first kappa shape index (κ1) is 16.2. The fraction of sp³-hybridized carbons (Fsp3) is 0.118. The predicted molar refractivity (Wildman–Crippen MR) is 83.2 cm³/mol. The monoisotopic (exact) mass is 313 g/mol. The Morgan fingerprint density at radius 1 is 0.957 bits per heavy atom. The minimum atomic E-state index is -1.64. The summed E-state index contributed by atoms with van der Waals surface area (Å²) in [5.74, 6) is -3.44. The first-order chi connectivity index (χ1) is 11.0. The topological polar surface area (TPSA) is 108 Å². The number of hydrogen-bond acceptors (Lipinski definition) is 4. The molecule has 0 aliphatic rings. The van der Waals surface area contributed by atoms with Gasteiger partial charge in [-0.1, -0.05) is 30.3 Å². The molecule has 2 aromatic carbocycles. The molecule has 0 saturated carbocycles. The van der Waals surface area contributed by atoms with Crippen molar-refractivity contribution in [2.75, 3.05) is 0 Å². The van der Waals surface area contributed by atoms with Crippen LogP contribution in [0.3, 0.4) is 0 Å². The molecule has 2 aromatic rings. The molecule has 0 radical (unpaired) electrons. The average Bonchev–Trinajstić information content (AvgIpc) is 2.53. The molecule has 0 fully saturated rings. The zero-order valence-electron chi connectivity index (χ0n) is 12.1. The van der Waals surface area contributed by atoms with Crippen molar-refractivity contribution < 1.29 is 24.5 Å². The number of carbonyl (C=O) groups is 2. The number of aliphatic carboxylic acids is 2. The van der Waals surface area contributed by atoms with Crippen molar-refractivity contribution >= 4 is 17.7 Å². The summed E-state index contributed by atoms with van der Waals surface area (Å²) < 4.78 is 5.64. The number of hydrogen-bond donors (Lipinski definition) is 3. The minimum Gasteiger partial charge on any atom is -0.481 e. The highest BCUT2D eigenvalue weighted by atomic mass is 16.5. The summed E-state index contributed by atoms with van der Waals surface area (Å²) in [5, 5.41) is 25.7. The van der Waals surface area contributed by atoms with E-state index in [1.807, 2.05) is 18.2 Å². The van der Waals surface area contributed by atoms with Gasteiger partial charge in [-0.05, 0) is 29.8 Å². The molecule has 2 rings (SSSR count). The van der Waals surface area contributed by atoms with Gasteiger partial charge in [0, 0.05) is 12.1 Å². The van der Waals surface area contributed by atoms with Crippen LogP contribution in [0.2, 0.25) is 0 Å². The SMILES string of the molecule is N=C(CC(C(=O)O)C(=O)O)c1cccc(Oc2ccccc2)c1. The van der Waals surface area contributed by atoms with Gasteiger partial charge >= 0.3 is 11.9 Å². The summed E-state index contributed by atoms with van der Waals surface area (Å²) in [6, 6.07) is 15.6. The van der Waals surface area contributed by atoms with E-state index >= 15 is 0 Å². The van der Waals surface area contributed by atoms with Crippen LogP contribution in [0, 0.1) is 11.3 Å². The van der Waals surface area contributed by atoms with E-state index in [0.29, 0.717) is 17.1 Å². The first-order valence-corrected chi connectivity index (χ1v) is 6.83. The number of carboxylic acids is 2. The molecule has 6 heteroatoms. The number of para-hydroxylation sites is 1. The van der Waals surface area contributed by atoms with Crippen LogP contribution >= 0.6 is 0 Å². The Hall–Kier alpha value is -3.15. The fourth-order valence-corrected chi connectivity index (χ4v) is 1.97. The molecule has 0 unspecified atom stereocenters. The van der Waals surface area contributed by atoms with Crippen LogP contribution in [-0.2, 0) is 9.59 Å². The zero-order chi connectivity index (χ0) is 16.8. The Labute approximate surface area is 132 Å². The van der Waals surface area contributed by atoms with E-state index in [9.17, 15) is 9.59 Å². The maximum atomic E-state index is 10.9. The van der Waals surface area contributed by atoms with E-state index in [-0.39, 0.29) is 12.1 Å².